The SMILES string of the molecule is c1ccc(COc2ccc(-c3nc4nc(N5CCOCC5)ccc4[nH]3)cc2)cc1. The number of morpholine rings is 1. The molecule has 0 amide bonds. The Labute approximate surface area is 169 Å². The predicted octanol–water partition coefficient (Wildman–Crippen LogP) is 4.04. The number of imidazole rings is 1. The predicted molar refractivity (Wildman–Crippen MR) is 113 cm³/mol. The molecule has 0 radical (unpaired) electrons. The molecule has 2 aromatic carbocycles. The lowest BCUT2D eigenvalue weighted by Crippen LogP contribution is -2.36. The minimum Gasteiger partial charge on any atom is -0.489 e. The van der Waals surface area contributed by atoms with Crippen molar-refractivity contribution >= 4 is 17.0 Å². The number of hydrogen-bond acceptors (Lipinski definition) is 5. The fourth-order valence-corrected chi connectivity index (χ4v) is 3.44. The third-order valence-corrected chi connectivity index (χ3v) is 5.04. The van der Waals surface area contributed by atoms with Crippen LogP contribution in [0.25, 0.3) is 22.6 Å². The van der Waals surface area contributed by atoms with Gasteiger partial charge in [-0.2, -0.15) is 0 Å². The number of nitrogens with one attached hydrogen (secondary N) is 1. The average Bonchev–Trinajstić information content (AvgIpc) is 3.23. The first kappa shape index (κ1) is 17.7. The molecule has 5 rings (SSSR count). The highest BCUT2D eigenvalue weighted by molar-refractivity contribution is 5.77. The summed E-state index contributed by atoms with van der Waals surface area (Å²) >= 11 is 0. The Balaban J connectivity index is 1.32. The molecule has 1 saturated heterocycles. The van der Waals surface area contributed by atoms with Crippen molar-refractivity contribution in [3.8, 4) is 17.1 Å². The second-order valence-corrected chi connectivity index (χ2v) is 7.02. The minimum atomic E-state index is 0.555. The monoisotopic (exact) mass is 386 g/mol. The first-order valence-electron chi connectivity index (χ1n) is 9.82. The van der Waals surface area contributed by atoms with Crippen LogP contribution < -0.4 is 9.64 Å². The zero-order chi connectivity index (χ0) is 19.5. The van der Waals surface area contributed by atoms with Crippen LogP contribution in [0, 0.1) is 0 Å². The number of pyridine rings is 1. The van der Waals surface area contributed by atoms with Gasteiger partial charge in [0.05, 0.1) is 18.7 Å². The third kappa shape index (κ3) is 3.93. The molecule has 2 aromatic heterocycles. The summed E-state index contributed by atoms with van der Waals surface area (Å²) in [4.78, 5) is 15.0. The van der Waals surface area contributed by atoms with Crippen molar-refractivity contribution in [1.82, 2.24) is 15.0 Å². The molecule has 0 aliphatic carbocycles. The van der Waals surface area contributed by atoms with E-state index in [1.807, 2.05) is 54.6 Å². The lowest BCUT2D eigenvalue weighted by atomic mass is 10.2. The van der Waals surface area contributed by atoms with Crippen molar-refractivity contribution in [2.75, 3.05) is 31.2 Å². The van der Waals surface area contributed by atoms with E-state index in [0.29, 0.717) is 6.61 Å². The molecule has 0 unspecified atom stereocenters. The van der Waals surface area contributed by atoms with Gasteiger partial charge in [-0.15, -0.1) is 0 Å². The molecule has 6 nitrogen and oxygen atoms in total. The van der Waals surface area contributed by atoms with Crippen LogP contribution >= 0.6 is 0 Å². The van der Waals surface area contributed by atoms with Crippen molar-refractivity contribution in [2.24, 2.45) is 0 Å². The Hall–Kier alpha value is -3.38. The van der Waals surface area contributed by atoms with E-state index in [4.69, 9.17) is 19.4 Å². The fraction of sp³-hybridized carbons (Fsp3) is 0.217. The average molecular weight is 386 g/mol. The second kappa shape index (κ2) is 7.93. The van der Waals surface area contributed by atoms with Gasteiger partial charge in [0.2, 0.25) is 0 Å². The summed E-state index contributed by atoms with van der Waals surface area (Å²) in [6.45, 7) is 3.76. The van der Waals surface area contributed by atoms with E-state index in [-0.39, 0.29) is 0 Å². The Bertz CT molecular complexity index is 1090. The van der Waals surface area contributed by atoms with Crippen molar-refractivity contribution in [1.29, 1.82) is 0 Å². The van der Waals surface area contributed by atoms with Crippen molar-refractivity contribution < 1.29 is 9.47 Å². The molecule has 3 heterocycles. The van der Waals surface area contributed by atoms with Gasteiger partial charge in [0.1, 0.15) is 24.0 Å². The summed E-state index contributed by atoms with van der Waals surface area (Å²) in [7, 11) is 0. The Morgan fingerprint density at radius 2 is 1.69 bits per heavy atom. The quantitative estimate of drug-likeness (QED) is 0.561. The smallest absolute Gasteiger partial charge is 0.180 e. The summed E-state index contributed by atoms with van der Waals surface area (Å²) in [5, 5.41) is 0. The fourth-order valence-electron chi connectivity index (χ4n) is 3.44. The molecule has 4 aromatic rings. The molecule has 0 saturated carbocycles. The molecular formula is C23H22N4O2. The minimum absolute atomic E-state index is 0.555. The number of anilines is 1. The number of hydrogen-bond donors (Lipinski definition) is 1. The van der Waals surface area contributed by atoms with Gasteiger partial charge in [-0.1, -0.05) is 30.3 Å². The van der Waals surface area contributed by atoms with Gasteiger partial charge in [-0.05, 0) is 42.0 Å². The molecule has 0 spiro atoms. The van der Waals surface area contributed by atoms with E-state index in [0.717, 1.165) is 66.0 Å². The first-order chi connectivity index (χ1) is 14.3. The largest absolute Gasteiger partial charge is 0.489 e. The number of ether oxygens (including phenoxy) is 2. The molecule has 1 aliphatic heterocycles. The molecule has 146 valence electrons. The van der Waals surface area contributed by atoms with Crippen molar-refractivity contribution in [2.45, 2.75) is 6.61 Å². The van der Waals surface area contributed by atoms with Crippen molar-refractivity contribution in [3.05, 3.63) is 72.3 Å². The topological polar surface area (TPSA) is 63.3 Å². The van der Waals surface area contributed by atoms with Gasteiger partial charge in [-0.3, -0.25) is 0 Å². The molecule has 0 bridgehead atoms. The number of benzene rings is 2. The highest BCUT2D eigenvalue weighted by atomic mass is 16.5. The number of aromatic nitrogens is 3. The van der Waals surface area contributed by atoms with Crippen molar-refractivity contribution in [3.63, 3.8) is 0 Å². The normalized spacial score (nSPS) is 14.3. The van der Waals surface area contributed by atoms with Gasteiger partial charge in [0.25, 0.3) is 0 Å². The third-order valence-electron chi connectivity index (χ3n) is 5.04. The highest BCUT2D eigenvalue weighted by Gasteiger charge is 2.14. The van der Waals surface area contributed by atoms with E-state index >= 15 is 0 Å². The first-order valence-corrected chi connectivity index (χ1v) is 9.82. The van der Waals surface area contributed by atoms with Gasteiger partial charge < -0.3 is 19.4 Å². The van der Waals surface area contributed by atoms with Crippen LogP contribution in [0.3, 0.4) is 0 Å². The van der Waals surface area contributed by atoms with E-state index in [1.165, 1.54) is 0 Å². The van der Waals surface area contributed by atoms with Crippen LogP contribution in [0.2, 0.25) is 0 Å². The van der Waals surface area contributed by atoms with Gasteiger partial charge in [0, 0.05) is 18.7 Å². The van der Waals surface area contributed by atoms with Crippen LogP contribution in [-0.2, 0) is 11.3 Å². The van der Waals surface area contributed by atoms with Crippen LogP contribution in [0.1, 0.15) is 5.56 Å². The summed E-state index contributed by atoms with van der Waals surface area (Å²) in [5.41, 5.74) is 3.81. The van der Waals surface area contributed by atoms with E-state index < -0.39 is 0 Å². The Morgan fingerprint density at radius 3 is 2.48 bits per heavy atom. The maximum atomic E-state index is 5.87. The van der Waals surface area contributed by atoms with Gasteiger partial charge >= 0.3 is 0 Å². The van der Waals surface area contributed by atoms with Crippen LogP contribution in [0.5, 0.6) is 5.75 Å². The van der Waals surface area contributed by atoms with Gasteiger partial charge in [-0.25, -0.2) is 9.97 Å². The summed E-state index contributed by atoms with van der Waals surface area (Å²) in [6.07, 6.45) is 0. The van der Waals surface area contributed by atoms with Crippen LogP contribution in [0.15, 0.2) is 66.7 Å². The molecule has 1 aliphatic rings. The van der Waals surface area contributed by atoms with Crippen LogP contribution in [-0.4, -0.2) is 41.3 Å². The lowest BCUT2D eigenvalue weighted by molar-refractivity contribution is 0.122. The maximum absolute atomic E-state index is 5.87. The second-order valence-electron chi connectivity index (χ2n) is 7.02. The number of fused-ring (bicyclic) bond motifs is 1. The number of nitrogens with zero attached hydrogens (tertiary/aromatic N) is 3. The molecule has 0 atom stereocenters. The molecule has 1 N–H and O–H groups in total. The molecular weight excluding hydrogens is 364 g/mol. The number of aromatic amines is 1. The molecule has 1 fully saturated rings. The highest BCUT2D eigenvalue weighted by Crippen LogP contribution is 2.24. The lowest BCUT2D eigenvalue weighted by Gasteiger charge is -2.27. The maximum Gasteiger partial charge on any atom is 0.180 e. The number of rotatable bonds is 5. The Morgan fingerprint density at radius 1 is 0.897 bits per heavy atom. The number of H-pyrrole nitrogens is 1. The zero-order valence-corrected chi connectivity index (χ0v) is 16.0. The summed E-state index contributed by atoms with van der Waals surface area (Å²) in [6, 6.07) is 22.2. The zero-order valence-electron chi connectivity index (χ0n) is 16.0. The molecule has 29 heavy (non-hydrogen) atoms. The van der Waals surface area contributed by atoms with E-state index in [2.05, 4.69) is 22.0 Å². The van der Waals surface area contributed by atoms with E-state index in [9.17, 15) is 0 Å². The Kier molecular flexibility index (Phi) is 4.84. The summed E-state index contributed by atoms with van der Waals surface area (Å²) < 4.78 is 11.3. The van der Waals surface area contributed by atoms with Crippen LogP contribution in [0.4, 0.5) is 5.82 Å². The van der Waals surface area contributed by atoms with Gasteiger partial charge in [0.15, 0.2) is 5.65 Å². The van der Waals surface area contributed by atoms with E-state index in [1.54, 1.807) is 0 Å². The standard InChI is InChI=1S/C23H22N4O2/c1-2-4-17(5-3-1)16-29-19-8-6-18(7-9-19)22-24-20-10-11-21(25-23(20)26-22)27-12-14-28-15-13-27/h1-11H,12-16H2,(H,24,25,26). The summed E-state index contributed by atoms with van der Waals surface area (Å²) in [5.74, 6) is 2.59. The molecule has 6 heteroatoms.